The number of nitrogens with zero attached hydrogens (tertiary/aromatic N) is 2. The Morgan fingerprint density at radius 3 is 3.00 bits per heavy atom. The van der Waals surface area contributed by atoms with Crippen molar-refractivity contribution in [2.75, 3.05) is 18.0 Å². The van der Waals surface area contributed by atoms with E-state index in [9.17, 15) is 0 Å². The standard InChI is InChI=1S/C15H21N3/c1-17-10-8-12-5-4-7-14(15(12)17)18-9-3-2-6-13(18)11-16/h4-5,7-8,10,13H,2-3,6,9,11,16H2,1H3. The number of piperidine rings is 1. The number of para-hydroxylation sites is 1. The first-order valence-electron chi connectivity index (χ1n) is 6.82. The lowest BCUT2D eigenvalue weighted by Gasteiger charge is -2.37. The van der Waals surface area contributed by atoms with Crippen LogP contribution >= 0.6 is 0 Å². The van der Waals surface area contributed by atoms with Gasteiger partial charge in [0.25, 0.3) is 0 Å². The molecule has 2 N–H and O–H groups in total. The maximum Gasteiger partial charge on any atom is 0.0715 e. The number of fused-ring (bicyclic) bond motifs is 1. The fraction of sp³-hybridized carbons (Fsp3) is 0.467. The van der Waals surface area contributed by atoms with E-state index in [1.807, 2.05) is 0 Å². The topological polar surface area (TPSA) is 34.2 Å². The highest BCUT2D eigenvalue weighted by molar-refractivity contribution is 5.92. The Morgan fingerprint density at radius 1 is 1.28 bits per heavy atom. The molecule has 0 amide bonds. The van der Waals surface area contributed by atoms with Gasteiger partial charge < -0.3 is 15.2 Å². The number of nitrogens with two attached hydrogens (primary N) is 1. The Morgan fingerprint density at radius 2 is 2.17 bits per heavy atom. The molecule has 18 heavy (non-hydrogen) atoms. The van der Waals surface area contributed by atoms with E-state index in [0.717, 1.165) is 13.1 Å². The molecule has 2 heterocycles. The van der Waals surface area contributed by atoms with Gasteiger partial charge in [0.1, 0.15) is 0 Å². The predicted octanol–water partition coefficient (Wildman–Crippen LogP) is 2.50. The van der Waals surface area contributed by atoms with Crippen LogP contribution in [-0.2, 0) is 7.05 Å². The van der Waals surface area contributed by atoms with Crippen molar-refractivity contribution >= 4 is 16.6 Å². The van der Waals surface area contributed by atoms with Gasteiger partial charge in [-0.25, -0.2) is 0 Å². The molecule has 0 radical (unpaired) electrons. The minimum absolute atomic E-state index is 0.499. The molecule has 3 heteroatoms. The number of aryl methyl sites for hydroxylation is 1. The van der Waals surface area contributed by atoms with Crippen LogP contribution in [0, 0.1) is 0 Å². The third-order valence-corrected chi connectivity index (χ3v) is 4.08. The van der Waals surface area contributed by atoms with E-state index in [1.54, 1.807) is 0 Å². The number of rotatable bonds is 2. The summed E-state index contributed by atoms with van der Waals surface area (Å²) in [5.74, 6) is 0. The van der Waals surface area contributed by atoms with Crippen molar-refractivity contribution in [2.45, 2.75) is 25.3 Å². The fourth-order valence-electron chi connectivity index (χ4n) is 3.13. The van der Waals surface area contributed by atoms with Crippen molar-refractivity contribution in [1.29, 1.82) is 0 Å². The highest BCUT2D eigenvalue weighted by Gasteiger charge is 2.23. The quantitative estimate of drug-likeness (QED) is 0.879. The van der Waals surface area contributed by atoms with Crippen LogP contribution in [-0.4, -0.2) is 23.7 Å². The van der Waals surface area contributed by atoms with Crippen molar-refractivity contribution < 1.29 is 0 Å². The van der Waals surface area contributed by atoms with Crippen LogP contribution in [0.2, 0.25) is 0 Å². The van der Waals surface area contributed by atoms with Crippen molar-refractivity contribution in [2.24, 2.45) is 12.8 Å². The average Bonchev–Trinajstić information content (AvgIpc) is 2.81. The number of anilines is 1. The first kappa shape index (κ1) is 11.6. The Balaban J connectivity index is 2.09. The van der Waals surface area contributed by atoms with E-state index in [-0.39, 0.29) is 0 Å². The second-order valence-electron chi connectivity index (χ2n) is 5.22. The van der Waals surface area contributed by atoms with Gasteiger partial charge in [-0.3, -0.25) is 0 Å². The summed E-state index contributed by atoms with van der Waals surface area (Å²) in [5.41, 5.74) is 8.61. The van der Waals surface area contributed by atoms with E-state index in [2.05, 4.69) is 47.0 Å². The van der Waals surface area contributed by atoms with Gasteiger partial charge in [-0.15, -0.1) is 0 Å². The van der Waals surface area contributed by atoms with E-state index in [1.165, 1.54) is 35.9 Å². The van der Waals surface area contributed by atoms with Gasteiger partial charge in [0.15, 0.2) is 0 Å². The SMILES string of the molecule is Cn1ccc2cccc(N3CCCCC3CN)c21. The molecule has 3 nitrogen and oxygen atoms in total. The minimum atomic E-state index is 0.499. The number of hydrogen-bond acceptors (Lipinski definition) is 2. The molecule has 96 valence electrons. The molecule has 1 aliphatic rings. The summed E-state index contributed by atoms with van der Waals surface area (Å²) < 4.78 is 2.22. The smallest absolute Gasteiger partial charge is 0.0715 e. The molecule has 2 aromatic rings. The molecular weight excluding hydrogens is 222 g/mol. The lowest BCUT2D eigenvalue weighted by Crippen LogP contribution is -2.44. The zero-order chi connectivity index (χ0) is 12.5. The van der Waals surface area contributed by atoms with Crippen LogP contribution in [0.3, 0.4) is 0 Å². The van der Waals surface area contributed by atoms with Crippen molar-refractivity contribution in [3.05, 3.63) is 30.5 Å². The van der Waals surface area contributed by atoms with Gasteiger partial charge in [-0.05, 0) is 31.4 Å². The molecule has 1 unspecified atom stereocenters. The normalized spacial score (nSPS) is 20.6. The molecule has 1 fully saturated rings. The molecule has 1 aliphatic heterocycles. The number of benzene rings is 1. The van der Waals surface area contributed by atoms with Crippen LogP contribution in [0.4, 0.5) is 5.69 Å². The zero-order valence-electron chi connectivity index (χ0n) is 11.0. The van der Waals surface area contributed by atoms with Crippen LogP contribution in [0.15, 0.2) is 30.5 Å². The molecule has 0 spiro atoms. The van der Waals surface area contributed by atoms with Gasteiger partial charge in [0.2, 0.25) is 0 Å². The summed E-state index contributed by atoms with van der Waals surface area (Å²) in [5, 5.41) is 1.32. The summed E-state index contributed by atoms with van der Waals surface area (Å²) in [6.07, 6.45) is 5.94. The average molecular weight is 243 g/mol. The molecule has 1 aromatic carbocycles. The van der Waals surface area contributed by atoms with E-state index < -0.39 is 0 Å². The summed E-state index contributed by atoms with van der Waals surface area (Å²) in [4.78, 5) is 2.51. The first-order chi connectivity index (χ1) is 8.81. The molecule has 0 aliphatic carbocycles. The third-order valence-electron chi connectivity index (χ3n) is 4.08. The Hall–Kier alpha value is -1.48. The first-order valence-corrected chi connectivity index (χ1v) is 6.82. The fourth-order valence-corrected chi connectivity index (χ4v) is 3.13. The predicted molar refractivity (Wildman–Crippen MR) is 77.0 cm³/mol. The molecule has 1 aromatic heterocycles. The van der Waals surface area contributed by atoms with E-state index in [0.29, 0.717) is 6.04 Å². The number of hydrogen-bond donors (Lipinski definition) is 1. The summed E-state index contributed by atoms with van der Waals surface area (Å²) >= 11 is 0. The van der Waals surface area contributed by atoms with Crippen LogP contribution < -0.4 is 10.6 Å². The van der Waals surface area contributed by atoms with Gasteiger partial charge in [0.05, 0.1) is 11.2 Å². The van der Waals surface area contributed by atoms with Crippen molar-refractivity contribution in [3.63, 3.8) is 0 Å². The van der Waals surface area contributed by atoms with Gasteiger partial charge >= 0.3 is 0 Å². The summed E-state index contributed by atoms with van der Waals surface area (Å²) in [6.45, 7) is 1.88. The highest BCUT2D eigenvalue weighted by Crippen LogP contribution is 2.31. The molecular formula is C15H21N3. The van der Waals surface area contributed by atoms with E-state index in [4.69, 9.17) is 5.73 Å². The molecule has 3 rings (SSSR count). The molecule has 0 saturated carbocycles. The zero-order valence-corrected chi connectivity index (χ0v) is 11.0. The molecule has 0 bridgehead atoms. The largest absolute Gasteiger partial charge is 0.366 e. The van der Waals surface area contributed by atoms with Crippen molar-refractivity contribution in [1.82, 2.24) is 4.57 Å². The Labute approximate surface area is 108 Å². The molecule has 1 atom stereocenters. The maximum absolute atomic E-state index is 5.94. The van der Waals surface area contributed by atoms with Gasteiger partial charge in [-0.1, -0.05) is 12.1 Å². The van der Waals surface area contributed by atoms with Gasteiger partial charge in [0, 0.05) is 37.8 Å². The maximum atomic E-state index is 5.94. The Bertz CT molecular complexity index is 544. The number of aromatic nitrogens is 1. The third kappa shape index (κ3) is 1.79. The van der Waals surface area contributed by atoms with Gasteiger partial charge in [-0.2, -0.15) is 0 Å². The molecule has 1 saturated heterocycles. The van der Waals surface area contributed by atoms with Crippen molar-refractivity contribution in [3.8, 4) is 0 Å². The van der Waals surface area contributed by atoms with E-state index >= 15 is 0 Å². The monoisotopic (exact) mass is 243 g/mol. The van der Waals surface area contributed by atoms with Crippen LogP contribution in [0.1, 0.15) is 19.3 Å². The Kier molecular flexibility index (Phi) is 3.00. The highest BCUT2D eigenvalue weighted by atomic mass is 15.2. The second kappa shape index (κ2) is 4.65. The van der Waals surface area contributed by atoms with Crippen LogP contribution in [0.25, 0.3) is 10.9 Å². The summed E-state index contributed by atoms with van der Waals surface area (Å²) in [6, 6.07) is 9.25. The minimum Gasteiger partial charge on any atom is -0.366 e. The lowest BCUT2D eigenvalue weighted by atomic mass is 10.0. The lowest BCUT2D eigenvalue weighted by molar-refractivity contribution is 0.466. The summed E-state index contributed by atoms with van der Waals surface area (Å²) in [7, 11) is 2.12. The van der Waals surface area contributed by atoms with Crippen LogP contribution in [0.5, 0.6) is 0 Å². The second-order valence-corrected chi connectivity index (χ2v) is 5.22.